The highest BCUT2D eigenvalue weighted by Gasteiger charge is 2.22. The van der Waals surface area contributed by atoms with E-state index in [-0.39, 0.29) is 36.6 Å². The van der Waals surface area contributed by atoms with Crippen molar-refractivity contribution >= 4 is 11.8 Å². The van der Waals surface area contributed by atoms with Crippen molar-refractivity contribution in [3.63, 3.8) is 0 Å². The monoisotopic (exact) mass is 374 g/mol. The number of hydrogen-bond acceptors (Lipinski definition) is 3. The summed E-state index contributed by atoms with van der Waals surface area (Å²) in [4.78, 5) is 26.7. The highest BCUT2D eigenvalue weighted by molar-refractivity contribution is 5.95. The maximum absolute atomic E-state index is 13.2. The molecule has 0 aliphatic heterocycles. The number of furan rings is 1. The Bertz CT molecular complexity index is 783. The summed E-state index contributed by atoms with van der Waals surface area (Å²) in [6.07, 6.45) is 1.05. The van der Waals surface area contributed by atoms with E-state index < -0.39 is 0 Å². The highest BCUT2D eigenvalue weighted by atomic mass is 19.1. The van der Waals surface area contributed by atoms with E-state index >= 15 is 0 Å². The van der Waals surface area contributed by atoms with Crippen molar-refractivity contribution in [2.45, 2.75) is 53.1 Å². The second-order valence-electron chi connectivity index (χ2n) is 6.81. The predicted octanol–water partition coefficient (Wildman–Crippen LogP) is 3.98. The minimum Gasteiger partial charge on any atom is -0.466 e. The van der Waals surface area contributed by atoms with Crippen LogP contribution in [0.5, 0.6) is 0 Å². The van der Waals surface area contributed by atoms with Gasteiger partial charge in [0.2, 0.25) is 5.91 Å². The molecule has 2 aromatic rings. The molecule has 0 unspecified atom stereocenters. The summed E-state index contributed by atoms with van der Waals surface area (Å²) in [7, 11) is 0. The average molecular weight is 374 g/mol. The number of hydrogen-bond donors (Lipinski definition) is 1. The number of carbonyl (C=O) groups excluding carboxylic acids is 2. The van der Waals surface area contributed by atoms with Crippen LogP contribution >= 0.6 is 0 Å². The molecule has 1 aromatic heterocycles. The summed E-state index contributed by atoms with van der Waals surface area (Å²) in [5.74, 6) is 0.579. The fourth-order valence-electron chi connectivity index (χ4n) is 2.76. The lowest BCUT2D eigenvalue weighted by atomic mass is 10.1. The third-order valence-electron chi connectivity index (χ3n) is 4.47. The maximum Gasteiger partial charge on any atom is 0.257 e. The van der Waals surface area contributed by atoms with Crippen LogP contribution in [0.15, 0.2) is 34.7 Å². The molecule has 0 saturated carbocycles. The van der Waals surface area contributed by atoms with Crippen molar-refractivity contribution in [3.05, 3.63) is 58.8 Å². The van der Waals surface area contributed by atoms with Crippen LogP contribution in [0.4, 0.5) is 4.39 Å². The van der Waals surface area contributed by atoms with Gasteiger partial charge >= 0.3 is 0 Å². The number of benzene rings is 1. The van der Waals surface area contributed by atoms with E-state index in [0.29, 0.717) is 23.6 Å². The molecule has 5 nitrogen and oxygen atoms in total. The topological polar surface area (TPSA) is 62.6 Å². The zero-order chi connectivity index (χ0) is 20.0. The fraction of sp³-hybridized carbons (Fsp3) is 0.429. The molecule has 0 saturated heterocycles. The van der Waals surface area contributed by atoms with Gasteiger partial charge in [0.15, 0.2) is 0 Å². The van der Waals surface area contributed by atoms with Crippen molar-refractivity contribution in [1.29, 1.82) is 0 Å². The van der Waals surface area contributed by atoms with Crippen LogP contribution in [-0.4, -0.2) is 29.3 Å². The first-order chi connectivity index (χ1) is 12.8. The third-order valence-corrected chi connectivity index (χ3v) is 4.47. The molecule has 1 heterocycles. The number of rotatable bonds is 8. The van der Waals surface area contributed by atoms with Crippen molar-refractivity contribution in [1.82, 2.24) is 10.2 Å². The molecule has 2 rings (SSSR count). The lowest BCUT2D eigenvalue weighted by Gasteiger charge is -2.23. The van der Waals surface area contributed by atoms with Crippen molar-refractivity contribution < 1.29 is 18.4 Å². The van der Waals surface area contributed by atoms with Gasteiger partial charge in [-0.1, -0.05) is 19.1 Å². The molecule has 1 atom stereocenters. The van der Waals surface area contributed by atoms with Gasteiger partial charge in [-0.3, -0.25) is 9.59 Å². The fourth-order valence-corrected chi connectivity index (χ4v) is 2.76. The molecule has 146 valence electrons. The van der Waals surface area contributed by atoms with Gasteiger partial charge in [0, 0.05) is 25.6 Å². The number of aryl methyl sites for hydroxylation is 2. The van der Waals surface area contributed by atoms with Gasteiger partial charge in [-0.25, -0.2) is 4.39 Å². The first-order valence-corrected chi connectivity index (χ1v) is 9.20. The van der Waals surface area contributed by atoms with Gasteiger partial charge < -0.3 is 14.6 Å². The molecule has 2 amide bonds. The first kappa shape index (κ1) is 20.7. The van der Waals surface area contributed by atoms with E-state index in [2.05, 4.69) is 5.32 Å². The molecule has 0 aliphatic rings. The molecular weight excluding hydrogens is 347 g/mol. The zero-order valence-electron chi connectivity index (χ0n) is 16.3. The Kier molecular flexibility index (Phi) is 7.16. The second-order valence-corrected chi connectivity index (χ2v) is 6.81. The molecule has 0 radical (unpaired) electrons. The summed E-state index contributed by atoms with van der Waals surface area (Å²) < 4.78 is 18.6. The Morgan fingerprint density at radius 1 is 1.22 bits per heavy atom. The van der Waals surface area contributed by atoms with Crippen LogP contribution in [0.25, 0.3) is 0 Å². The van der Waals surface area contributed by atoms with Crippen molar-refractivity contribution in [2.24, 2.45) is 0 Å². The largest absolute Gasteiger partial charge is 0.466 e. The van der Waals surface area contributed by atoms with Crippen molar-refractivity contribution in [2.75, 3.05) is 6.54 Å². The number of halogens is 1. The van der Waals surface area contributed by atoms with Gasteiger partial charge in [0.25, 0.3) is 5.91 Å². The van der Waals surface area contributed by atoms with E-state index in [4.69, 9.17) is 4.42 Å². The molecule has 6 heteroatoms. The Morgan fingerprint density at radius 3 is 2.44 bits per heavy atom. The first-order valence-electron chi connectivity index (χ1n) is 9.20. The van der Waals surface area contributed by atoms with Crippen LogP contribution in [0.3, 0.4) is 0 Å². The number of nitrogens with zero attached hydrogens (tertiary/aromatic N) is 1. The lowest BCUT2D eigenvalue weighted by Crippen LogP contribution is -2.37. The van der Waals surface area contributed by atoms with Gasteiger partial charge in [-0.15, -0.1) is 0 Å². The SMILES string of the molecule is CC[C@@H](C)NC(=O)CCN(Cc1ccc(F)cc1)C(=O)c1cc(C)oc1C. The number of amides is 2. The summed E-state index contributed by atoms with van der Waals surface area (Å²) in [6.45, 7) is 8.03. The Balaban J connectivity index is 2.14. The molecule has 1 aromatic carbocycles. The van der Waals surface area contributed by atoms with Gasteiger partial charge in [-0.2, -0.15) is 0 Å². The maximum atomic E-state index is 13.2. The molecule has 1 N–H and O–H groups in total. The third kappa shape index (κ3) is 5.94. The van der Waals surface area contributed by atoms with Crippen LogP contribution in [0.2, 0.25) is 0 Å². The summed E-state index contributed by atoms with van der Waals surface area (Å²) in [6, 6.07) is 7.80. The molecule has 0 bridgehead atoms. The van der Waals surface area contributed by atoms with E-state index in [0.717, 1.165) is 12.0 Å². The molecule has 0 fully saturated rings. The molecule has 0 aliphatic carbocycles. The average Bonchev–Trinajstić information content (AvgIpc) is 2.97. The van der Waals surface area contributed by atoms with Crippen LogP contribution in [-0.2, 0) is 11.3 Å². The molecule has 0 spiro atoms. The zero-order valence-corrected chi connectivity index (χ0v) is 16.3. The highest BCUT2D eigenvalue weighted by Crippen LogP contribution is 2.18. The van der Waals surface area contributed by atoms with E-state index in [1.807, 2.05) is 13.8 Å². The summed E-state index contributed by atoms with van der Waals surface area (Å²) in [5.41, 5.74) is 1.28. The minimum absolute atomic E-state index is 0.0949. The Hall–Kier alpha value is -2.63. The van der Waals surface area contributed by atoms with E-state index in [1.54, 1.807) is 36.9 Å². The Labute approximate surface area is 159 Å². The minimum atomic E-state index is -0.328. The number of carbonyl (C=O) groups is 2. The quantitative estimate of drug-likeness (QED) is 0.760. The number of nitrogens with one attached hydrogen (secondary N) is 1. The van der Waals surface area contributed by atoms with Crippen molar-refractivity contribution in [3.8, 4) is 0 Å². The van der Waals surface area contributed by atoms with E-state index in [9.17, 15) is 14.0 Å². The van der Waals surface area contributed by atoms with Gasteiger partial charge in [0.05, 0.1) is 5.56 Å². The van der Waals surface area contributed by atoms with Gasteiger partial charge in [0.1, 0.15) is 17.3 Å². The molecule has 27 heavy (non-hydrogen) atoms. The van der Waals surface area contributed by atoms with Crippen LogP contribution < -0.4 is 5.32 Å². The summed E-state index contributed by atoms with van der Waals surface area (Å²) >= 11 is 0. The predicted molar refractivity (Wildman–Crippen MR) is 102 cm³/mol. The lowest BCUT2D eigenvalue weighted by molar-refractivity contribution is -0.121. The van der Waals surface area contributed by atoms with Gasteiger partial charge in [-0.05, 0) is 51.0 Å². The summed E-state index contributed by atoms with van der Waals surface area (Å²) in [5, 5.41) is 2.91. The Morgan fingerprint density at radius 2 is 1.89 bits per heavy atom. The second kappa shape index (κ2) is 9.35. The van der Waals surface area contributed by atoms with Crippen LogP contribution in [0, 0.1) is 19.7 Å². The van der Waals surface area contributed by atoms with E-state index in [1.165, 1.54) is 12.1 Å². The standard InChI is InChI=1S/C21H27FN2O3/c1-5-14(2)23-20(25)10-11-24(13-17-6-8-18(22)9-7-17)21(26)19-12-15(3)27-16(19)4/h6-9,12,14H,5,10-11,13H2,1-4H3,(H,23,25)/t14-/m1/s1. The normalized spacial score (nSPS) is 11.9. The van der Waals surface area contributed by atoms with Crippen LogP contribution in [0.1, 0.15) is 54.1 Å². The smallest absolute Gasteiger partial charge is 0.257 e. The molecular formula is C21H27FN2O3.